The van der Waals surface area contributed by atoms with Gasteiger partial charge in [-0.1, -0.05) is 12.8 Å². The van der Waals surface area contributed by atoms with Gasteiger partial charge in [0.15, 0.2) is 0 Å². The zero-order valence-corrected chi connectivity index (χ0v) is 12.3. The molecule has 3 nitrogen and oxygen atoms in total. The van der Waals surface area contributed by atoms with Crippen molar-refractivity contribution in [3.05, 3.63) is 29.6 Å². The van der Waals surface area contributed by atoms with E-state index in [0.29, 0.717) is 11.5 Å². The first-order chi connectivity index (χ1) is 9.21. The molecule has 1 aromatic rings. The second-order valence-corrected chi connectivity index (χ2v) is 8.19. The van der Waals surface area contributed by atoms with E-state index in [1.807, 2.05) is 0 Å². The second-order valence-electron chi connectivity index (χ2n) is 5.08. The summed E-state index contributed by atoms with van der Waals surface area (Å²) in [6.45, 7) is 0. The lowest BCUT2D eigenvalue weighted by molar-refractivity contribution is 0.0696. The molecule has 5 heteroatoms. The molecule has 102 valence electrons. The summed E-state index contributed by atoms with van der Waals surface area (Å²) in [6, 6.07) is 3.36. The Morgan fingerprint density at radius 2 is 2.16 bits per heavy atom. The van der Waals surface area contributed by atoms with Crippen LogP contribution in [-0.4, -0.2) is 31.6 Å². The Morgan fingerprint density at radius 1 is 1.37 bits per heavy atom. The summed E-state index contributed by atoms with van der Waals surface area (Å²) >= 11 is 4.12. The maximum Gasteiger partial charge on any atom is 0.335 e. The highest BCUT2D eigenvalue weighted by Crippen LogP contribution is 2.59. The maximum absolute atomic E-state index is 11.1. The zero-order valence-electron chi connectivity index (χ0n) is 10.7. The number of pyridine rings is 1. The molecule has 1 aliphatic heterocycles. The fourth-order valence-electron chi connectivity index (χ4n) is 3.08. The largest absolute Gasteiger partial charge is 0.478 e. The van der Waals surface area contributed by atoms with E-state index in [-0.39, 0.29) is 4.08 Å². The van der Waals surface area contributed by atoms with Crippen LogP contribution in [0.4, 0.5) is 0 Å². The first-order valence-electron chi connectivity index (χ1n) is 6.68. The molecule has 0 radical (unpaired) electrons. The van der Waals surface area contributed by atoms with E-state index in [4.69, 9.17) is 5.11 Å². The summed E-state index contributed by atoms with van der Waals surface area (Å²) in [5.41, 5.74) is 1.33. The Kier molecular flexibility index (Phi) is 3.76. The summed E-state index contributed by atoms with van der Waals surface area (Å²) in [4.78, 5) is 15.6. The molecule has 2 fully saturated rings. The zero-order chi connectivity index (χ0) is 13.3. The molecule has 1 N–H and O–H groups in total. The van der Waals surface area contributed by atoms with E-state index in [1.54, 1.807) is 18.3 Å². The van der Waals surface area contributed by atoms with Gasteiger partial charge in [0.05, 0.1) is 9.64 Å². The van der Waals surface area contributed by atoms with Crippen molar-refractivity contribution in [2.45, 2.75) is 35.7 Å². The molecule has 1 saturated heterocycles. The average molecular weight is 295 g/mol. The molecule has 1 aliphatic carbocycles. The number of hydrogen-bond donors (Lipinski definition) is 1. The molecular weight excluding hydrogens is 278 g/mol. The lowest BCUT2D eigenvalue weighted by atomic mass is 9.85. The minimum Gasteiger partial charge on any atom is -0.478 e. The van der Waals surface area contributed by atoms with Gasteiger partial charge in [-0.2, -0.15) is 0 Å². The van der Waals surface area contributed by atoms with Gasteiger partial charge in [0, 0.05) is 29.3 Å². The third kappa shape index (κ3) is 2.50. The van der Waals surface area contributed by atoms with E-state index in [0.717, 1.165) is 12.1 Å². The standard InChI is InChI=1S/C14H17NO2S2/c16-13(17)10-4-6-15-12(9-10)11-3-1-2-5-14(11)18-7-8-19-14/h4,6,9,11H,1-3,5,7-8H2,(H,16,17)/t11-/m0/s1. The molecule has 1 spiro atoms. The van der Waals surface area contributed by atoms with Gasteiger partial charge in [-0.05, 0) is 25.0 Å². The fraction of sp³-hybridized carbons (Fsp3) is 0.571. The SMILES string of the molecule is O=C(O)c1ccnc([C@@H]2CCCCC23SCCS3)c1. The van der Waals surface area contributed by atoms with Gasteiger partial charge < -0.3 is 5.11 Å². The fourth-order valence-corrected chi connectivity index (χ4v) is 6.72. The van der Waals surface area contributed by atoms with Gasteiger partial charge in [-0.3, -0.25) is 4.98 Å². The maximum atomic E-state index is 11.1. The number of nitrogens with zero attached hydrogens (tertiary/aromatic N) is 1. The Morgan fingerprint density at radius 3 is 2.89 bits per heavy atom. The number of thioether (sulfide) groups is 2. The molecule has 1 atom stereocenters. The smallest absolute Gasteiger partial charge is 0.335 e. The molecule has 19 heavy (non-hydrogen) atoms. The Bertz CT molecular complexity index is 486. The molecule has 2 aliphatic rings. The summed E-state index contributed by atoms with van der Waals surface area (Å²) in [6.07, 6.45) is 6.52. The summed E-state index contributed by atoms with van der Waals surface area (Å²) < 4.78 is 0.252. The predicted octanol–water partition coefficient (Wildman–Crippen LogP) is 3.61. The number of aromatic nitrogens is 1. The normalized spacial score (nSPS) is 25.6. The van der Waals surface area contributed by atoms with Crippen LogP contribution in [0.5, 0.6) is 0 Å². The number of carboxylic acids is 1. The van der Waals surface area contributed by atoms with Crippen molar-refractivity contribution in [2.24, 2.45) is 0 Å². The Hall–Kier alpha value is -0.680. The molecule has 1 aromatic heterocycles. The molecule has 1 saturated carbocycles. The number of aromatic carboxylic acids is 1. The molecule has 0 amide bonds. The number of carboxylic acid groups (broad SMARTS) is 1. The molecule has 0 bridgehead atoms. The molecule has 2 heterocycles. The van der Waals surface area contributed by atoms with E-state index < -0.39 is 5.97 Å². The first-order valence-corrected chi connectivity index (χ1v) is 8.65. The summed E-state index contributed by atoms with van der Waals surface area (Å²) in [7, 11) is 0. The van der Waals surface area contributed by atoms with Crippen molar-refractivity contribution in [1.29, 1.82) is 0 Å². The van der Waals surface area contributed by atoms with Crippen LogP contribution < -0.4 is 0 Å². The van der Waals surface area contributed by atoms with Crippen LogP contribution in [0.15, 0.2) is 18.3 Å². The van der Waals surface area contributed by atoms with Crippen molar-refractivity contribution in [3.63, 3.8) is 0 Å². The first kappa shape index (κ1) is 13.3. The summed E-state index contributed by atoms with van der Waals surface area (Å²) in [5.74, 6) is 1.96. The highest BCUT2D eigenvalue weighted by Gasteiger charge is 2.45. The van der Waals surface area contributed by atoms with Crippen molar-refractivity contribution in [2.75, 3.05) is 11.5 Å². The van der Waals surface area contributed by atoms with Crippen LogP contribution in [-0.2, 0) is 0 Å². The van der Waals surface area contributed by atoms with Gasteiger partial charge in [-0.15, -0.1) is 23.5 Å². The molecular formula is C14H17NO2S2. The van der Waals surface area contributed by atoms with E-state index in [2.05, 4.69) is 28.5 Å². The number of hydrogen-bond acceptors (Lipinski definition) is 4. The third-order valence-electron chi connectivity index (χ3n) is 3.96. The second kappa shape index (κ2) is 5.37. The van der Waals surface area contributed by atoms with Crippen LogP contribution in [0.1, 0.15) is 47.7 Å². The quantitative estimate of drug-likeness (QED) is 0.903. The topological polar surface area (TPSA) is 50.2 Å². The molecule has 3 rings (SSSR count). The van der Waals surface area contributed by atoms with Crippen molar-refractivity contribution < 1.29 is 9.90 Å². The molecule has 0 unspecified atom stereocenters. The summed E-state index contributed by atoms with van der Waals surface area (Å²) in [5, 5.41) is 9.13. The van der Waals surface area contributed by atoms with Crippen LogP contribution in [0.2, 0.25) is 0 Å². The van der Waals surface area contributed by atoms with Gasteiger partial charge in [0.25, 0.3) is 0 Å². The van der Waals surface area contributed by atoms with Gasteiger partial charge in [0.1, 0.15) is 0 Å². The third-order valence-corrected chi connectivity index (χ3v) is 7.70. The van der Waals surface area contributed by atoms with Crippen molar-refractivity contribution >= 4 is 29.5 Å². The number of carbonyl (C=O) groups is 1. The predicted molar refractivity (Wildman–Crippen MR) is 80.1 cm³/mol. The van der Waals surface area contributed by atoms with Crippen molar-refractivity contribution in [3.8, 4) is 0 Å². The minimum absolute atomic E-state index is 0.252. The van der Waals surface area contributed by atoms with Crippen LogP contribution >= 0.6 is 23.5 Å². The van der Waals surface area contributed by atoms with E-state index in [9.17, 15) is 4.79 Å². The lowest BCUT2D eigenvalue weighted by Gasteiger charge is -2.39. The van der Waals surface area contributed by atoms with Crippen LogP contribution in [0.25, 0.3) is 0 Å². The van der Waals surface area contributed by atoms with Gasteiger partial charge in [0.2, 0.25) is 0 Å². The van der Waals surface area contributed by atoms with Gasteiger partial charge in [-0.25, -0.2) is 4.79 Å². The Balaban J connectivity index is 1.94. The van der Waals surface area contributed by atoms with Crippen LogP contribution in [0, 0.1) is 0 Å². The number of rotatable bonds is 2. The minimum atomic E-state index is -0.861. The lowest BCUT2D eigenvalue weighted by Crippen LogP contribution is -2.31. The Labute approximate surface area is 121 Å². The van der Waals surface area contributed by atoms with E-state index >= 15 is 0 Å². The van der Waals surface area contributed by atoms with Gasteiger partial charge >= 0.3 is 5.97 Å². The van der Waals surface area contributed by atoms with Crippen LogP contribution in [0.3, 0.4) is 0 Å². The van der Waals surface area contributed by atoms with E-state index in [1.165, 1.54) is 30.8 Å². The highest BCUT2D eigenvalue weighted by atomic mass is 32.2. The average Bonchev–Trinajstić information content (AvgIpc) is 2.88. The highest BCUT2D eigenvalue weighted by molar-refractivity contribution is 8.21. The monoisotopic (exact) mass is 295 g/mol. The molecule has 0 aromatic carbocycles. The van der Waals surface area contributed by atoms with Crippen molar-refractivity contribution in [1.82, 2.24) is 4.98 Å².